The highest BCUT2D eigenvalue weighted by atomic mass is 32.1. The van der Waals surface area contributed by atoms with Crippen molar-refractivity contribution in [1.29, 1.82) is 0 Å². The summed E-state index contributed by atoms with van der Waals surface area (Å²) in [7, 11) is 0. The molecule has 0 amide bonds. The molecule has 1 heterocycles. The van der Waals surface area contributed by atoms with Gasteiger partial charge in [0.1, 0.15) is 11.5 Å². The van der Waals surface area contributed by atoms with Crippen LogP contribution in [0.4, 0.5) is 5.69 Å². The third kappa shape index (κ3) is 5.00. The van der Waals surface area contributed by atoms with Crippen molar-refractivity contribution in [1.82, 2.24) is 0 Å². The number of nitro benzene ring substituents is 1. The van der Waals surface area contributed by atoms with Gasteiger partial charge in [0, 0.05) is 28.1 Å². The summed E-state index contributed by atoms with van der Waals surface area (Å²) >= 11 is 1.40. The Morgan fingerprint density at radius 3 is 1.88 bits per heavy atom. The van der Waals surface area contributed by atoms with E-state index in [0.717, 1.165) is 27.3 Å². The lowest BCUT2D eigenvalue weighted by Gasteiger charge is -2.06. The van der Waals surface area contributed by atoms with Gasteiger partial charge in [0.05, 0.1) is 23.0 Å². The number of benzene rings is 3. The molecule has 0 N–H and O–H groups in total. The van der Waals surface area contributed by atoms with Crippen molar-refractivity contribution in [3.8, 4) is 33.1 Å². The Hall–Kier alpha value is -3.97. The number of rotatable bonds is 9. The highest BCUT2D eigenvalue weighted by Crippen LogP contribution is 2.39. The predicted octanol–water partition coefficient (Wildman–Crippen LogP) is 7.02. The molecular weight excluding hydrogens is 450 g/mol. The molecule has 0 fully saturated rings. The van der Waals surface area contributed by atoms with Crippen molar-refractivity contribution in [2.24, 2.45) is 0 Å². The maximum atomic E-state index is 13.5. The number of hydrogen-bond acceptors (Lipinski definition) is 6. The van der Waals surface area contributed by atoms with Gasteiger partial charge in [-0.1, -0.05) is 0 Å². The summed E-state index contributed by atoms with van der Waals surface area (Å²) in [6.07, 6.45) is 0. The van der Waals surface area contributed by atoms with E-state index in [-0.39, 0.29) is 11.5 Å². The van der Waals surface area contributed by atoms with Gasteiger partial charge in [-0.2, -0.15) is 0 Å². The molecule has 0 aliphatic carbocycles. The van der Waals surface area contributed by atoms with Gasteiger partial charge in [-0.05, 0) is 91.7 Å². The van der Waals surface area contributed by atoms with Crippen LogP contribution in [0.25, 0.3) is 21.6 Å². The van der Waals surface area contributed by atoms with E-state index in [1.54, 1.807) is 36.4 Å². The fourth-order valence-corrected chi connectivity index (χ4v) is 4.71. The third-order valence-corrected chi connectivity index (χ3v) is 6.39. The Kier molecular flexibility index (Phi) is 7.04. The van der Waals surface area contributed by atoms with Gasteiger partial charge >= 0.3 is 0 Å². The summed E-state index contributed by atoms with van der Waals surface area (Å²) in [5, 5.41) is 11.1. The zero-order chi connectivity index (χ0) is 24.1. The molecule has 172 valence electrons. The van der Waals surface area contributed by atoms with Crippen molar-refractivity contribution in [2.75, 3.05) is 13.2 Å². The molecule has 0 atom stereocenters. The minimum absolute atomic E-state index is 0.00473. The molecule has 0 unspecified atom stereocenters. The van der Waals surface area contributed by atoms with Crippen molar-refractivity contribution in [2.45, 2.75) is 13.8 Å². The molecule has 34 heavy (non-hydrogen) atoms. The molecule has 0 saturated heterocycles. The Bertz CT molecular complexity index is 1290. The van der Waals surface area contributed by atoms with Crippen LogP contribution in [-0.4, -0.2) is 23.9 Å². The zero-order valence-corrected chi connectivity index (χ0v) is 19.6. The number of hydrogen-bond donors (Lipinski definition) is 0. The molecule has 4 aromatic rings. The van der Waals surface area contributed by atoms with E-state index in [4.69, 9.17) is 9.47 Å². The van der Waals surface area contributed by atoms with Crippen LogP contribution in [0.2, 0.25) is 0 Å². The van der Waals surface area contributed by atoms with Crippen molar-refractivity contribution < 1.29 is 19.2 Å². The molecule has 0 bridgehead atoms. The smallest absolute Gasteiger partial charge is 0.269 e. The molecule has 0 radical (unpaired) electrons. The van der Waals surface area contributed by atoms with E-state index >= 15 is 0 Å². The lowest BCUT2D eigenvalue weighted by atomic mass is 10.00. The average molecular weight is 474 g/mol. The minimum atomic E-state index is -0.436. The lowest BCUT2D eigenvalue weighted by Crippen LogP contribution is -2.01. The van der Waals surface area contributed by atoms with Gasteiger partial charge in [-0.3, -0.25) is 14.9 Å². The van der Waals surface area contributed by atoms with Gasteiger partial charge in [-0.15, -0.1) is 11.3 Å². The Morgan fingerprint density at radius 2 is 1.35 bits per heavy atom. The highest BCUT2D eigenvalue weighted by molar-refractivity contribution is 7.18. The zero-order valence-electron chi connectivity index (χ0n) is 18.8. The number of ketones is 1. The maximum absolute atomic E-state index is 13.5. The van der Waals surface area contributed by atoms with Crippen molar-refractivity contribution in [3.05, 3.63) is 99.4 Å². The summed E-state index contributed by atoms with van der Waals surface area (Å²) in [6.45, 7) is 4.98. The standard InChI is InChI=1S/C27H23NO5S/c1-3-32-22-13-7-19(8-14-22)25-17-24(18-5-11-21(12-6-18)28(30)31)27(34-25)26(29)20-9-15-23(16-10-20)33-4-2/h5-17H,3-4H2,1-2H3. The number of nitro groups is 1. The summed E-state index contributed by atoms with van der Waals surface area (Å²) in [5.74, 6) is 1.37. The largest absolute Gasteiger partial charge is 0.494 e. The molecule has 0 spiro atoms. The molecule has 0 aliphatic rings. The van der Waals surface area contributed by atoms with E-state index in [2.05, 4.69) is 0 Å². The number of thiophene rings is 1. The number of carbonyl (C=O) groups is 1. The summed E-state index contributed by atoms with van der Waals surface area (Å²) in [6, 6.07) is 23.0. The summed E-state index contributed by atoms with van der Waals surface area (Å²) in [4.78, 5) is 25.6. The van der Waals surface area contributed by atoms with Crippen molar-refractivity contribution >= 4 is 22.8 Å². The van der Waals surface area contributed by atoms with E-state index < -0.39 is 4.92 Å². The third-order valence-electron chi connectivity index (χ3n) is 5.20. The van der Waals surface area contributed by atoms with Gasteiger partial charge in [-0.25, -0.2) is 0 Å². The Balaban J connectivity index is 1.76. The van der Waals surface area contributed by atoms with Crippen LogP contribution in [0, 0.1) is 10.1 Å². The quantitative estimate of drug-likeness (QED) is 0.148. The number of ether oxygens (including phenoxy) is 2. The van der Waals surface area contributed by atoms with Gasteiger partial charge in [0.25, 0.3) is 5.69 Å². The Labute approximate surface area is 201 Å². The average Bonchev–Trinajstić information content (AvgIpc) is 3.30. The van der Waals surface area contributed by atoms with Crippen LogP contribution in [0.15, 0.2) is 78.9 Å². The van der Waals surface area contributed by atoms with Crippen LogP contribution in [0.3, 0.4) is 0 Å². The van der Waals surface area contributed by atoms with Gasteiger partial charge in [0.15, 0.2) is 0 Å². The van der Waals surface area contributed by atoms with Crippen LogP contribution in [0.1, 0.15) is 29.1 Å². The van der Waals surface area contributed by atoms with E-state index in [1.807, 2.05) is 44.2 Å². The number of carbonyl (C=O) groups excluding carboxylic acids is 1. The molecule has 0 saturated carbocycles. The molecule has 0 aliphatic heterocycles. The van der Waals surface area contributed by atoms with Crippen LogP contribution < -0.4 is 9.47 Å². The topological polar surface area (TPSA) is 78.7 Å². The van der Waals surface area contributed by atoms with Gasteiger partial charge in [0.2, 0.25) is 5.78 Å². The second-order valence-electron chi connectivity index (χ2n) is 7.40. The predicted molar refractivity (Wildman–Crippen MR) is 134 cm³/mol. The SMILES string of the molecule is CCOc1ccc(C(=O)c2sc(-c3ccc(OCC)cc3)cc2-c2ccc([N+](=O)[O-])cc2)cc1. The molecule has 6 nitrogen and oxygen atoms in total. The van der Waals surface area contributed by atoms with Crippen molar-refractivity contribution in [3.63, 3.8) is 0 Å². The molecule has 7 heteroatoms. The normalized spacial score (nSPS) is 10.6. The maximum Gasteiger partial charge on any atom is 0.269 e. The first kappa shape index (κ1) is 23.2. The number of non-ortho nitro benzene ring substituents is 1. The fraction of sp³-hybridized carbons (Fsp3) is 0.148. The summed E-state index contributed by atoms with van der Waals surface area (Å²) < 4.78 is 11.0. The highest BCUT2D eigenvalue weighted by Gasteiger charge is 2.21. The second kappa shape index (κ2) is 10.3. The van der Waals surface area contributed by atoms with E-state index in [0.29, 0.717) is 29.4 Å². The summed E-state index contributed by atoms with van der Waals surface area (Å²) in [5.41, 5.74) is 3.00. The fourth-order valence-electron chi connectivity index (χ4n) is 3.56. The van der Waals surface area contributed by atoms with E-state index in [9.17, 15) is 14.9 Å². The molecule has 3 aromatic carbocycles. The van der Waals surface area contributed by atoms with Crippen LogP contribution in [0.5, 0.6) is 11.5 Å². The first-order valence-corrected chi connectivity index (χ1v) is 11.7. The first-order chi connectivity index (χ1) is 16.5. The minimum Gasteiger partial charge on any atom is -0.494 e. The van der Waals surface area contributed by atoms with E-state index in [1.165, 1.54) is 23.5 Å². The first-order valence-electron chi connectivity index (χ1n) is 10.9. The molecular formula is C27H23NO5S. The van der Waals surface area contributed by atoms with Crippen LogP contribution >= 0.6 is 11.3 Å². The van der Waals surface area contributed by atoms with Crippen LogP contribution in [-0.2, 0) is 0 Å². The monoisotopic (exact) mass is 473 g/mol. The molecule has 1 aromatic heterocycles. The molecule has 4 rings (SSSR count). The number of nitrogens with zero attached hydrogens (tertiary/aromatic N) is 1. The lowest BCUT2D eigenvalue weighted by molar-refractivity contribution is -0.384. The Morgan fingerprint density at radius 1 is 0.824 bits per heavy atom. The second-order valence-corrected chi connectivity index (χ2v) is 8.45. The van der Waals surface area contributed by atoms with Gasteiger partial charge < -0.3 is 9.47 Å².